The Morgan fingerprint density at radius 3 is 2.84 bits per heavy atom. The van der Waals surface area contributed by atoms with Crippen LogP contribution in [0.2, 0.25) is 5.02 Å². The van der Waals surface area contributed by atoms with E-state index in [1.54, 1.807) is 10.9 Å². The molecule has 0 spiro atoms. The molecule has 1 N–H and O–H groups in total. The molecule has 0 saturated heterocycles. The van der Waals surface area contributed by atoms with Crippen molar-refractivity contribution in [3.05, 3.63) is 45.1 Å². The minimum absolute atomic E-state index is 0.000509. The molecule has 4 nitrogen and oxygen atoms in total. The van der Waals surface area contributed by atoms with Gasteiger partial charge in [-0.1, -0.05) is 45.7 Å². The maximum atomic E-state index is 6.35. The second kappa shape index (κ2) is 6.50. The SMILES string of the molecule is CCCNC(c1ccc(Br)cc1Cl)c1cnnn1C. The van der Waals surface area contributed by atoms with Crippen LogP contribution in [0.4, 0.5) is 0 Å². The first-order valence-corrected chi connectivity index (χ1v) is 7.33. The van der Waals surface area contributed by atoms with Crippen LogP contribution in [-0.2, 0) is 7.05 Å². The molecule has 1 unspecified atom stereocenters. The molecule has 2 aromatic rings. The van der Waals surface area contributed by atoms with Gasteiger partial charge in [0.05, 0.1) is 17.9 Å². The fraction of sp³-hybridized carbons (Fsp3) is 0.385. The summed E-state index contributed by atoms with van der Waals surface area (Å²) in [6.45, 7) is 3.04. The van der Waals surface area contributed by atoms with Crippen LogP contribution in [0.5, 0.6) is 0 Å². The molecule has 6 heteroatoms. The van der Waals surface area contributed by atoms with Crippen molar-refractivity contribution in [2.45, 2.75) is 19.4 Å². The zero-order valence-electron chi connectivity index (χ0n) is 10.9. The largest absolute Gasteiger partial charge is 0.305 e. The van der Waals surface area contributed by atoms with E-state index in [-0.39, 0.29) is 6.04 Å². The summed E-state index contributed by atoms with van der Waals surface area (Å²) in [4.78, 5) is 0. The number of hydrogen-bond acceptors (Lipinski definition) is 3. The van der Waals surface area contributed by atoms with E-state index < -0.39 is 0 Å². The highest BCUT2D eigenvalue weighted by molar-refractivity contribution is 9.10. The summed E-state index contributed by atoms with van der Waals surface area (Å²) in [6, 6.07) is 5.92. The summed E-state index contributed by atoms with van der Waals surface area (Å²) < 4.78 is 2.74. The standard InChI is InChI=1S/C13H16BrClN4/c1-3-6-16-13(12-8-17-18-19(12)2)10-5-4-9(14)7-11(10)15/h4-5,7-8,13,16H,3,6H2,1-2H3. The smallest absolute Gasteiger partial charge is 0.0799 e. The summed E-state index contributed by atoms with van der Waals surface area (Å²) in [7, 11) is 1.88. The lowest BCUT2D eigenvalue weighted by Gasteiger charge is -2.20. The number of nitrogens with zero attached hydrogens (tertiary/aromatic N) is 3. The van der Waals surface area contributed by atoms with Crippen molar-refractivity contribution in [2.24, 2.45) is 7.05 Å². The minimum atomic E-state index is 0.000509. The van der Waals surface area contributed by atoms with Gasteiger partial charge in [-0.15, -0.1) is 5.10 Å². The van der Waals surface area contributed by atoms with Crippen molar-refractivity contribution in [3.8, 4) is 0 Å². The third-order valence-electron chi connectivity index (χ3n) is 2.92. The van der Waals surface area contributed by atoms with E-state index in [1.165, 1.54) is 0 Å². The van der Waals surface area contributed by atoms with Crippen molar-refractivity contribution in [3.63, 3.8) is 0 Å². The Hall–Kier alpha value is -0.910. The van der Waals surface area contributed by atoms with Gasteiger partial charge in [-0.2, -0.15) is 0 Å². The van der Waals surface area contributed by atoms with E-state index in [1.807, 2.05) is 25.2 Å². The van der Waals surface area contributed by atoms with Crippen molar-refractivity contribution in [1.29, 1.82) is 0 Å². The molecule has 1 atom stereocenters. The highest BCUT2D eigenvalue weighted by Crippen LogP contribution is 2.30. The van der Waals surface area contributed by atoms with Crippen LogP contribution < -0.4 is 5.32 Å². The third kappa shape index (κ3) is 3.35. The van der Waals surface area contributed by atoms with E-state index in [0.29, 0.717) is 0 Å². The van der Waals surface area contributed by atoms with E-state index in [2.05, 4.69) is 38.5 Å². The fourth-order valence-electron chi connectivity index (χ4n) is 1.96. The molecule has 1 aromatic heterocycles. The van der Waals surface area contributed by atoms with Crippen LogP contribution in [0.15, 0.2) is 28.9 Å². The molecule has 19 heavy (non-hydrogen) atoms. The van der Waals surface area contributed by atoms with Gasteiger partial charge >= 0.3 is 0 Å². The molecular formula is C13H16BrClN4. The van der Waals surface area contributed by atoms with Gasteiger partial charge in [-0.05, 0) is 30.7 Å². The maximum absolute atomic E-state index is 6.35. The molecule has 0 radical (unpaired) electrons. The molecule has 0 amide bonds. The van der Waals surface area contributed by atoms with Crippen LogP contribution in [0.3, 0.4) is 0 Å². The van der Waals surface area contributed by atoms with E-state index in [4.69, 9.17) is 11.6 Å². The summed E-state index contributed by atoms with van der Waals surface area (Å²) in [5.74, 6) is 0. The topological polar surface area (TPSA) is 42.7 Å². The molecule has 0 aliphatic rings. The van der Waals surface area contributed by atoms with Gasteiger partial charge in [0.1, 0.15) is 0 Å². The molecule has 1 aromatic carbocycles. The van der Waals surface area contributed by atoms with Gasteiger partial charge in [-0.25, -0.2) is 0 Å². The lowest BCUT2D eigenvalue weighted by molar-refractivity contribution is 0.550. The monoisotopic (exact) mass is 342 g/mol. The quantitative estimate of drug-likeness (QED) is 0.905. The number of benzene rings is 1. The van der Waals surface area contributed by atoms with Gasteiger partial charge in [0.25, 0.3) is 0 Å². The molecule has 102 valence electrons. The first-order valence-electron chi connectivity index (χ1n) is 6.16. The molecule has 0 aliphatic carbocycles. The normalized spacial score (nSPS) is 12.6. The zero-order chi connectivity index (χ0) is 13.8. The highest BCUT2D eigenvalue weighted by atomic mass is 79.9. The lowest BCUT2D eigenvalue weighted by atomic mass is 10.0. The Morgan fingerprint density at radius 2 is 2.26 bits per heavy atom. The Labute approximate surface area is 126 Å². The number of hydrogen-bond donors (Lipinski definition) is 1. The summed E-state index contributed by atoms with van der Waals surface area (Å²) in [5, 5.41) is 12.2. The zero-order valence-corrected chi connectivity index (χ0v) is 13.2. The van der Waals surface area contributed by atoms with Crippen LogP contribution in [0, 0.1) is 0 Å². The van der Waals surface area contributed by atoms with Crippen LogP contribution >= 0.6 is 27.5 Å². The first kappa shape index (κ1) is 14.5. The molecule has 1 heterocycles. The summed E-state index contributed by atoms with van der Waals surface area (Å²) in [6.07, 6.45) is 2.82. The molecule has 0 saturated carbocycles. The van der Waals surface area contributed by atoms with E-state index in [0.717, 1.165) is 33.7 Å². The predicted octanol–water partition coefficient (Wildman–Crippen LogP) is 3.32. The lowest BCUT2D eigenvalue weighted by Crippen LogP contribution is -2.25. The van der Waals surface area contributed by atoms with Gasteiger partial charge in [0.2, 0.25) is 0 Å². The van der Waals surface area contributed by atoms with Gasteiger partial charge in [0.15, 0.2) is 0 Å². The van der Waals surface area contributed by atoms with Gasteiger partial charge < -0.3 is 5.32 Å². The van der Waals surface area contributed by atoms with E-state index >= 15 is 0 Å². The van der Waals surface area contributed by atoms with Crippen LogP contribution in [-0.4, -0.2) is 21.5 Å². The van der Waals surface area contributed by atoms with Gasteiger partial charge in [0, 0.05) is 16.5 Å². The first-order chi connectivity index (χ1) is 9.13. The van der Waals surface area contributed by atoms with Crippen LogP contribution in [0.1, 0.15) is 30.6 Å². The summed E-state index contributed by atoms with van der Waals surface area (Å²) in [5.41, 5.74) is 2.03. The number of aryl methyl sites for hydroxylation is 1. The van der Waals surface area contributed by atoms with Gasteiger partial charge in [-0.3, -0.25) is 4.68 Å². The molecule has 0 bridgehead atoms. The molecule has 2 rings (SSSR count). The average molecular weight is 344 g/mol. The Morgan fingerprint density at radius 1 is 1.47 bits per heavy atom. The summed E-state index contributed by atoms with van der Waals surface area (Å²) >= 11 is 9.78. The fourth-order valence-corrected chi connectivity index (χ4v) is 2.74. The van der Waals surface area contributed by atoms with Crippen molar-refractivity contribution >= 4 is 27.5 Å². The Balaban J connectivity index is 2.40. The molecular weight excluding hydrogens is 328 g/mol. The molecule has 0 fully saturated rings. The van der Waals surface area contributed by atoms with E-state index in [9.17, 15) is 0 Å². The van der Waals surface area contributed by atoms with Crippen molar-refractivity contribution in [1.82, 2.24) is 20.3 Å². The van der Waals surface area contributed by atoms with Crippen LogP contribution in [0.25, 0.3) is 0 Å². The highest BCUT2D eigenvalue weighted by Gasteiger charge is 2.19. The maximum Gasteiger partial charge on any atom is 0.0799 e. The Bertz CT molecular complexity index is 555. The second-order valence-electron chi connectivity index (χ2n) is 4.34. The number of nitrogens with one attached hydrogen (secondary N) is 1. The second-order valence-corrected chi connectivity index (χ2v) is 5.66. The van der Waals surface area contributed by atoms with Crippen molar-refractivity contribution in [2.75, 3.05) is 6.54 Å². The number of halogens is 2. The minimum Gasteiger partial charge on any atom is -0.305 e. The predicted molar refractivity (Wildman–Crippen MR) is 80.3 cm³/mol. The average Bonchev–Trinajstić information content (AvgIpc) is 2.78. The Kier molecular flexibility index (Phi) is 4.96. The number of aromatic nitrogens is 3. The number of rotatable bonds is 5. The molecule has 0 aliphatic heterocycles. The van der Waals surface area contributed by atoms with Crippen molar-refractivity contribution < 1.29 is 0 Å². The third-order valence-corrected chi connectivity index (χ3v) is 3.74.